The van der Waals surface area contributed by atoms with E-state index in [0.717, 1.165) is 6.42 Å². The Balaban J connectivity index is 1.99. The average molecular weight is 280 g/mol. The third-order valence-corrected chi connectivity index (χ3v) is 3.12. The van der Waals surface area contributed by atoms with Crippen molar-refractivity contribution in [3.8, 4) is 0 Å². The fourth-order valence-electron chi connectivity index (χ4n) is 2.13. The molecule has 108 valence electrons. The molecule has 1 atom stereocenters. The molecule has 2 rings (SSSR count). The molecule has 0 bridgehead atoms. The van der Waals surface area contributed by atoms with Gasteiger partial charge in [-0.15, -0.1) is 0 Å². The summed E-state index contributed by atoms with van der Waals surface area (Å²) < 4.78 is 1.46. The number of rotatable bonds is 5. The molecule has 0 saturated carbocycles. The largest absolute Gasteiger partial charge is 0.479 e. The molecule has 1 fully saturated rings. The van der Waals surface area contributed by atoms with Crippen LogP contribution in [-0.2, 0) is 21.4 Å². The van der Waals surface area contributed by atoms with Crippen molar-refractivity contribution >= 4 is 17.8 Å². The maximum absolute atomic E-state index is 11.8. The van der Waals surface area contributed by atoms with Gasteiger partial charge in [-0.1, -0.05) is 0 Å². The van der Waals surface area contributed by atoms with Crippen molar-refractivity contribution in [1.29, 1.82) is 0 Å². The Kier molecular flexibility index (Phi) is 4.02. The first kappa shape index (κ1) is 14.0. The quantitative estimate of drug-likeness (QED) is 0.741. The SMILES string of the molecule is Cn1cc(C(NC(=O)CN2CCCC2=O)C(=O)O)cn1. The molecule has 1 aliphatic heterocycles. The molecule has 0 spiro atoms. The van der Waals surface area contributed by atoms with Gasteiger partial charge in [0.05, 0.1) is 12.7 Å². The monoisotopic (exact) mass is 280 g/mol. The lowest BCUT2D eigenvalue weighted by Gasteiger charge is -2.17. The zero-order valence-corrected chi connectivity index (χ0v) is 11.1. The number of hydrogen-bond donors (Lipinski definition) is 2. The molecule has 1 aromatic rings. The van der Waals surface area contributed by atoms with E-state index in [1.807, 2.05) is 0 Å². The summed E-state index contributed by atoms with van der Waals surface area (Å²) in [6.07, 6.45) is 4.09. The van der Waals surface area contributed by atoms with Crippen LogP contribution < -0.4 is 5.32 Å². The molecule has 20 heavy (non-hydrogen) atoms. The number of aliphatic carboxylic acids is 1. The van der Waals surface area contributed by atoms with Gasteiger partial charge in [-0.05, 0) is 6.42 Å². The van der Waals surface area contributed by atoms with Crippen LogP contribution in [0.3, 0.4) is 0 Å². The predicted octanol–water partition coefficient (Wildman–Crippen LogP) is -0.716. The third kappa shape index (κ3) is 3.14. The first-order valence-electron chi connectivity index (χ1n) is 6.26. The highest BCUT2D eigenvalue weighted by atomic mass is 16.4. The van der Waals surface area contributed by atoms with E-state index in [1.165, 1.54) is 22.0 Å². The molecule has 2 N–H and O–H groups in total. The molecule has 1 aliphatic rings. The van der Waals surface area contributed by atoms with Gasteiger partial charge in [-0.3, -0.25) is 14.3 Å². The summed E-state index contributed by atoms with van der Waals surface area (Å²) in [4.78, 5) is 35.9. The minimum Gasteiger partial charge on any atom is -0.479 e. The molecule has 2 heterocycles. The van der Waals surface area contributed by atoms with Gasteiger partial charge in [-0.2, -0.15) is 5.10 Å². The van der Waals surface area contributed by atoms with Crippen LogP contribution in [0.1, 0.15) is 24.4 Å². The predicted molar refractivity (Wildman–Crippen MR) is 67.5 cm³/mol. The van der Waals surface area contributed by atoms with Gasteiger partial charge in [0.15, 0.2) is 6.04 Å². The summed E-state index contributed by atoms with van der Waals surface area (Å²) in [5.41, 5.74) is 0.390. The lowest BCUT2D eigenvalue weighted by Crippen LogP contribution is -2.41. The topological polar surface area (TPSA) is 105 Å². The summed E-state index contributed by atoms with van der Waals surface area (Å²) in [6, 6.07) is -1.16. The van der Waals surface area contributed by atoms with E-state index in [9.17, 15) is 14.4 Å². The smallest absolute Gasteiger partial charge is 0.331 e. The van der Waals surface area contributed by atoms with Gasteiger partial charge in [0.25, 0.3) is 0 Å². The molecule has 1 saturated heterocycles. The van der Waals surface area contributed by atoms with Crippen LogP contribution in [0.4, 0.5) is 0 Å². The van der Waals surface area contributed by atoms with Crippen molar-refractivity contribution < 1.29 is 19.5 Å². The van der Waals surface area contributed by atoms with Crippen LogP contribution in [0.15, 0.2) is 12.4 Å². The molecule has 8 nitrogen and oxygen atoms in total. The molecule has 1 aromatic heterocycles. The van der Waals surface area contributed by atoms with E-state index in [0.29, 0.717) is 18.5 Å². The number of carboxylic acid groups (broad SMARTS) is 1. The van der Waals surface area contributed by atoms with Crippen LogP contribution in [0.5, 0.6) is 0 Å². The van der Waals surface area contributed by atoms with E-state index in [-0.39, 0.29) is 12.5 Å². The Morgan fingerprint density at radius 2 is 2.30 bits per heavy atom. The lowest BCUT2D eigenvalue weighted by atomic mass is 10.1. The van der Waals surface area contributed by atoms with E-state index >= 15 is 0 Å². The van der Waals surface area contributed by atoms with Crippen LogP contribution in [0.25, 0.3) is 0 Å². The Hall–Kier alpha value is -2.38. The summed E-state index contributed by atoms with van der Waals surface area (Å²) in [6.45, 7) is 0.430. The zero-order valence-electron chi connectivity index (χ0n) is 11.1. The average Bonchev–Trinajstić information content (AvgIpc) is 2.96. The molecular weight excluding hydrogens is 264 g/mol. The van der Waals surface area contributed by atoms with Crippen molar-refractivity contribution in [3.63, 3.8) is 0 Å². The normalized spacial score (nSPS) is 16.2. The Bertz CT molecular complexity index is 539. The highest BCUT2D eigenvalue weighted by Crippen LogP contribution is 2.13. The fourth-order valence-corrected chi connectivity index (χ4v) is 2.13. The van der Waals surface area contributed by atoms with Gasteiger partial charge in [0.2, 0.25) is 11.8 Å². The lowest BCUT2D eigenvalue weighted by molar-refractivity contribution is -0.142. The number of carbonyl (C=O) groups excluding carboxylic acids is 2. The van der Waals surface area contributed by atoms with Gasteiger partial charge in [0, 0.05) is 31.8 Å². The Morgan fingerprint density at radius 1 is 1.55 bits per heavy atom. The minimum absolute atomic E-state index is 0.0756. The van der Waals surface area contributed by atoms with Crippen LogP contribution in [-0.4, -0.2) is 50.7 Å². The van der Waals surface area contributed by atoms with E-state index in [1.54, 1.807) is 7.05 Å². The molecule has 0 aromatic carbocycles. The number of carboxylic acids is 1. The second-order valence-corrected chi connectivity index (χ2v) is 4.70. The van der Waals surface area contributed by atoms with Gasteiger partial charge in [0.1, 0.15) is 0 Å². The zero-order chi connectivity index (χ0) is 14.7. The number of nitrogens with zero attached hydrogens (tertiary/aromatic N) is 3. The number of hydrogen-bond acceptors (Lipinski definition) is 4. The summed E-state index contributed by atoms with van der Waals surface area (Å²) >= 11 is 0. The van der Waals surface area contributed by atoms with Crippen molar-refractivity contribution in [2.24, 2.45) is 7.05 Å². The molecule has 0 radical (unpaired) electrons. The van der Waals surface area contributed by atoms with Crippen LogP contribution in [0.2, 0.25) is 0 Å². The van der Waals surface area contributed by atoms with E-state index in [4.69, 9.17) is 5.11 Å². The maximum atomic E-state index is 11.8. The Labute approximate surface area is 115 Å². The van der Waals surface area contributed by atoms with Gasteiger partial charge < -0.3 is 15.3 Å². The van der Waals surface area contributed by atoms with Crippen molar-refractivity contribution in [2.45, 2.75) is 18.9 Å². The first-order valence-corrected chi connectivity index (χ1v) is 6.26. The molecule has 1 unspecified atom stereocenters. The standard InChI is InChI=1S/C12H16N4O4/c1-15-6-8(5-13-15)11(12(19)20)14-9(17)7-16-4-2-3-10(16)18/h5-6,11H,2-4,7H2,1H3,(H,14,17)(H,19,20). The van der Waals surface area contributed by atoms with Crippen LogP contribution >= 0.6 is 0 Å². The number of aryl methyl sites for hydroxylation is 1. The maximum Gasteiger partial charge on any atom is 0.331 e. The summed E-state index contributed by atoms with van der Waals surface area (Å²) in [5, 5.41) is 15.5. The Morgan fingerprint density at radius 3 is 2.80 bits per heavy atom. The van der Waals surface area contributed by atoms with Gasteiger partial charge >= 0.3 is 5.97 Å². The molecule has 8 heteroatoms. The van der Waals surface area contributed by atoms with Crippen LogP contribution in [0, 0.1) is 0 Å². The molecule has 0 aliphatic carbocycles. The number of nitrogens with one attached hydrogen (secondary N) is 1. The van der Waals surface area contributed by atoms with E-state index < -0.39 is 17.9 Å². The van der Waals surface area contributed by atoms with Crippen molar-refractivity contribution in [3.05, 3.63) is 18.0 Å². The number of likely N-dealkylation sites (tertiary alicyclic amines) is 1. The first-order chi connectivity index (χ1) is 9.47. The highest BCUT2D eigenvalue weighted by molar-refractivity contribution is 5.88. The van der Waals surface area contributed by atoms with E-state index in [2.05, 4.69) is 10.4 Å². The number of carbonyl (C=O) groups is 3. The minimum atomic E-state index is -1.17. The van der Waals surface area contributed by atoms with Crippen molar-refractivity contribution in [1.82, 2.24) is 20.0 Å². The second-order valence-electron chi connectivity index (χ2n) is 4.70. The number of amides is 2. The summed E-state index contributed by atoms with van der Waals surface area (Å²) in [7, 11) is 1.66. The van der Waals surface area contributed by atoms with Gasteiger partial charge in [-0.25, -0.2) is 4.79 Å². The molecule has 2 amide bonds. The molecular formula is C12H16N4O4. The number of aromatic nitrogens is 2. The second kappa shape index (κ2) is 5.72. The third-order valence-electron chi connectivity index (χ3n) is 3.12. The fraction of sp³-hybridized carbons (Fsp3) is 0.500. The van der Waals surface area contributed by atoms with Crippen molar-refractivity contribution in [2.75, 3.05) is 13.1 Å². The highest BCUT2D eigenvalue weighted by Gasteiger charge is 2.27. The summed E-state index contributed by atoms with van der Waals surface area (Å²) in [5.74, 6) is -1.73.